The summed E-state index contributed by atoms with van der Waals surface area (Å²) in [5.74, 6) is 0.593. The fraction of sp³-hybridized carbons (Fsp3) is 0.316. The van der Waals surface area contributed by atoms with Crippen LogP contribution in [0.3, 0.4) is 0 Å². The van der Waals surface area contributed by atoms with Crippen LogP contribution in [0.1, 0.15) is 5.69 Å². The van der Waals surface area contributed by atoms with Gasteiger partial charge >= 0.3 is 0 Å². The Morgan fingerprint density at radius 1 is 1.07 bits per heavy atom. The summed E-state index contributed by atoms with van der Waals surface area (Å²) in [7, 11) is 1.93. The molecule has 0 amide bonds. The molecule has 1 aliphatic heterocycles. The maximum absolute atomic E-state index is 10.1. The lowest BCUT2D eigenvalue weighted by molar-refractivity contribution is 0.246. The van der Waals surface area contributed by atoms with Crippen LogP contribution in [0.5, 0.6) is 5.75 Å². The molecule has 0 atom stereocenters. The maximum atomic E-state index is 10.1. The van der Waals surface area contributed by atoms with Gasteiger partial charge < -0.3 is 15.7 Å². The Hall–Kier alpha value is -3.13. The summed E-state index contributed by atoms with van der Waals surface area (Å²) in [5, 5.41) is 22.8. The number of anilines is 2. The van der Waals surface area contributed by atoms with Crippen molar-refractivity contribution < 1.29 is 5.11 Å². The van der Waals surface area contributed by atoms with Gasteiger partial charge in [0.1, 0.15) is 5.75 Å². The second-order valence-corrected chi connectivity index (χ2v) is 6.76. The van der Waals surface area contributed by atoms with Crippen molar-refractivity contribution in [2.24, 2.45) is 7.05 Å². The summed E-state index contributed by atoms with van der Waals surface area (Å²) in [4.78, 5) is 4.61. The summed E-state index contributed by atoms with van der Waals surface area (Å²) in [6.07, 6.45) is 1.97. The van der Waals surface area contributed by atoms with Gasteiger partial charge in [0.05, 0.1) is 17.1 Å². The van der Waals surface area contributed by atoms with Gasteiger partial charge in [-0.15, -0.1) is 10.2 Å². The van der Waals surface area contributed by atoms with E-state index in [1.165, 1.54) is 0 Å². The van der Waals surface area contributed by atoms with E-state index in [-0.39, 0.29) is 5.75 Å². The van der Waals surface area contributed by atoms with E-state index in [1.807, 2.05) is 36.1 Å². The fourth-order valence-electron chi connectivity index (χ4n) is 3.39. The highest BCUT2D eigenvalue weighted by Gasteiger charge is 2.21. The summed E-state index contributed by atoms with van der Waals surface area (Å²) < 4.78 is 1.83. The zero-order valence-corrected chi connectivity index (χ0v) is 15.3. The zero-order chi connectivity index (χ0) is 18.8. The van der Waals surface area contributed by atoms with E-state index in [1.54, 1.807) is 12.1 Å². The molecule has 1 fully saturated rings. The zero-order valence-electron chi connectivity index (χ0n) is 15.3. The first-order chi connectivity index (χ1) is 13.1. The van der Waals surface area contributed by atoms with Gasteiger partial charge in [0.2, 0.25) is 0 Å². The Morgan fingerprint density at radius 2 is 1.85 bits per heavy atom. The van der Waals surface area contributed by atoms with Crippen molar-refractivity contribution in [3.05, 3.63) is 48.3 Å². The highest BCUT2D eigenvalue weighted by Crippen LogP contribution is 2.31. The van der Waals surface area contributed by atoms with E-state index in [0.717, 1.165) is 44.1 Å². The number of para-hydroxylation sites is 1. The summed E-state index contributed by atoms with van der Waals surface area (Å²) in [6, 6.07) is 11.1. The first-order valence-corrected chi connectivity index (χ1v) is 8.97. The van der Waals surface area contributed by atoms with Crippen LogP contribution in [0.25, 0.3) is 11.3 Å². The predicted octanol–water partition coefficient (Wildman–Crippen LogP) is 1.49. The summed E-state index contributed by atoms with van der Waals surface area (Å²) in [6.45, 7) is 4.39. The minimum atomic E-state index is 0.183. The molecule has 3 N–H and O–H groups in total. The molecule has 140 valence electrons. The predicted molar refractivity (Wildman–Crippen MR) is 104 cm³/mol. The van der Waals surface area contributed by atoms with Crippen LogP contribution in [0, 0.1) is 0 Å². The van der Waals surface area contributed by atoms with Gasteiger partial charge in [0, 0.05) is 51.5 Å². The number of phenols is 1. The maximum Gasteiger partial charge on any atom is 0.169 e. The first kappa shape index (κ1) is 17.3. The molecule has 1 aromatic carbocycles. The molecule has 1 saturated heterocycles. The van der Waals surface area contributed by atoms with E-state index in [2.05, 4.69) is 31.2 Å². The quantitative estimate of drug-likeness (QED) is 0.723. The number of aryl methyl sites for hydroxylation is 1. The Bertz CT molecular complexity index is 931. The van der Waals surface area contributed by atoms with Crippen LogP contribution in [-0.4, -0.2) is 56.2 Å². The molecule has 3 aromatic rings. The molecule has 1 aliphatic rings. The number of hydrogen-bond donors (Lipinski definition) is 2. The van der Waals surface area contributed by atoms with Crippen molar-refractivity contribution in [3.63, 3.8) is 0 Å². The number of rotatable bonds is 4. The van der Waals surface area contributed by atoms with Gasteiger partial charge in [-0.1, -0.05) is 12.1 Å². The minimum Gasteiger partial charge on any atom is -0.507 e. The Kier molecular flexibility index (Phi) is 4.64. The van der Waals surface area contributed by atoms with Gasteiger partial charge in [0.25, 0.3) is 0 Å². The Balaban J connectivity index is 1.48. The molecule has 0 unspecified atom stereocenters. The third-order valence-corrected chi connectivity index (χ3v) is 4.85. The standard InChI is InChI=1S/C19H23N7O/c1-24-7-6-14(23-24)13-25-8-10-26(11-9-25)17-12-16(21-22-19(17)20)15-4-2-3-5-18(15)27/h2-7,12,27H,8-11,13H2,1H3,(H2,20,22). The second kappa shape index (κ2) is 7.24. The van der Waals surface area contributed by atoms with E-state index in [9.17, 15) is 5.11 Å². The fourth-order valence-corrected chi connectivity index (χ4v) is 3.39. The molecule has 2 aromatic heterocycles. The molecule has 0 radical (unpaired) electrons. The van der Waals surface area contributed by atoms with Gasteiger partial charge in [-0.25, -0.2) is 0 Å². The average Bonchev–Trinajstić information content (AvgIpc) is 3.08. The van der Waals surface area contributed by atoms with Crippen molar-refractivity contribution in [2.75, 3.05) is 36.8 Å². The molecule has 0 saturated carbocycles. The van der Waals surface area contributed by atoms with Gasteiger partial charge in [0.15, 0.2) is 5.82 Å². The molecule has 0 aliphatic carbocycles. The number of phenolic OH excluding ortho intramolecular Hbond substituents is 1. The molecule has 4 rings (SSSR count). The van der Waals surface area contributed by atoms with Crippen LogP contribution >= 0.6 is 0 Å². The number of piperazine rings is 1. The van der Waals surface area contributed by atoms with Crippen molar-refractivity contribution >= 4 is 11.5 Å². The Labute approximate surface area is 157 Å². The summed E-state index contributed by atoms with van der Waals surface area (Å²) >= 11 is 0. The molecule has 0 bridgehead atoms. The SMILES string of the molecule is Cn1ccc(CN2CCN(c3cc(-c4ccccc4O)nnc3N)CC2)n1. The number of aromatic hydroxyl groups is 1. The topological polar surface area (TPSA) is 96.3 Å². The van der Waals surface area contributed by atoms with E-state index >= 15 is 0 Å². The van der Waals surface area contributed by atoms with Gasteiger partial charge in [-0.3, -0.25) is 9.58 Å². The number of nitrogens with two attached hydrogens (primary N) is 1. The smallest absolute Gasteiger partial charge is 0.169 e. The molecule has 0 spiro atoms. The lowest BCUT2D eigenvalue weighted by Crippen LogP contribution is -2.46. The number of benzene rings is 1. The molecule has 8 heteroatoms. The van der Waals surface area contributed by atoms with Crippen molar-refractivity contribution in [2.45, 2.75) is 6.54 Å². The highest BCUT2D eigenvalue weighted by molar-refractivity contribution is 5.74. The van der Waals surface area contributed by atoms with Crippen molar-refractivity contribution in [1.82, 2.24) is 24.9 Å². The third-order valence-electron chi connectivity index (χ3n) is 4.85. The lowest BCUT2D eigenvalue weighted by Gasteiger charge is -2.36. The average molecular weight is 365 g/mol. The minimum absolute atomic E-state index is 0.183. The number of nitrogens with zero attached hydrogens (tertiary/aromatic N) is 6. The van der Waals surface area contributed by atoms with Crippen molar-refractivity contribution in [1.29, 1.82) is 0 Å². The van der Waals surface area contributed by atoms with Crippen LogP contribution in [-0.2, 0) is 13.6 Å². The van der Waals surface area contributed by atoms with Crippen LogP contribution < -0.4 is 10.6 Å². The molecule has 8 nitrogen and oxygen atoms in total. The number of aromatic nitrogens is 4. The number of hydrogen-bond acceptors (Lipinski definition) is 7. The summed E-state index contributed by atoms with van der Waals surface area (Å²) in [5.41, 5.74) is 9.31. The lowest BCUT2D eigenvalue weighted by atomic mass is 10.1. The molecular formula is C19H23N7O. The van der Waals surface area contributed by atoms with Gasteiger partial charge in [-0.2, -0.15) is 5.10 Å². The van der Waals surface area contributed by atoms with Gasteiger partial charge in [-0.05, 0) is 24.3 Å². The molecule has 3 heterocycles. The molecular weight excluding hydrogens is 342 g/mol. The Morgan fingerprint density at radius 3 is 2.56 bits per heavy atom. The van der Waals surface area contributed by atoms with E-state index in [0.29, 0.717) is 17.1 Å². The van der Waals surface area contributed by atoms with Crippen LogP contribution in [0.4, 0.5) is 11.5 Å². The van der Waals surface area contributed by atoms with Crippen molar-refractivity contribution in [3.8, 4) is 17.0 Å². The van der Waals surface area contributed by atoms with Crippen LogP contribution in [0.2, 0.25) is 0 Å². The highest BCUT2D eigenvalue weighted by atomic mass is 16.3. The normalized spacial score (nSPS) is 15.2. The van der Waals surface area contributed by atoms with E-state index in [4.69, 9.17) is 5.73 Å². The third kappa shape index (κ3) is 3.70. The van der Waals surface area contributed by atoms with E-state index < -0.39 is 0 Å². The second-order valence-electron chi connectivity index (χ2n) is 6.76. The monoisotopic (exact) mass is 365 g/mol. The number of nitrogen functional groups attached to an aromatic ring is 1. The largest absolute Gasteiger partial charge is 0.507 e. The van der Waals surface area contributed by atoms with Crippen LogP contribution in [0.15, 0.2) is 42.6 Å². The first-order valence-electron chi connectivity index (χ1n) is 8.97. The molecule has 27 heavy (non-hydrogen) atoms.